The number of alkyl halides is 1. The van der Waals surface area contributed by atoms with Crippen molar-refractivity contribution in [1.82, 2.24) is 15.1 Å². The monoisotopic (exact) mass is 718 g/mol. The van der Waals surface area contributed by atoms with Crippen molar-refractivity contribution < 1.29 is 28.7 Å². The van der Waals surface area contributed by atoms with Crippen molar-refractivity contribution in [2.24, 2.45) is 0 Å². The molecule has 2 heterocycles. The predicted molar refractivity (Wildman–Crippen MR) is 200 cm³/mol. The van der Waals surface area contributed by atoms with Gasteiger partial charge in [0.25, 0.3) is 11.8 Å². The summed E-state index contributed by atoms with van der Waals surface area (Å²) in [5, 5.41) is 5.31. The number of nitrogens with one attached hydrogen (secondary N) is 2. The summed E-state index contributed by atoms with van der Waals surface area (Å²) in [5.41, 5.74) is 6.26. The molecule has 0 radical (unpaired) electrons. The zero-order valence-electron chi connectivity index (χ0n) is 28.8. The highest BCUT2D eigenvalue weighted by atomic mass is 35.5. The number of carbonyl (C=O) groups is 5. The maximum absolute atomic E-state index is 13.3. The van der Waals surface area contributed by atoms with Gasteiger partial charge in [0, 0.05) is 38.0 Å². The average molecular weight is 719 g/mol. The molecule has 1 unspecified atom stereocenters. The highest BCUT2D eigenvalue weighted by Gasteiger charge is 2.45. The van der Waals surface area contributed by atoms with E-state index < -0.39 is 29.7 Å². The first-order chi connectivity index (χ1) is 25.3. The summed E-state index contributed by atoms with van der Waals surface area (Å²) in [5.74, 6) is -1.25. The maximum Gasteiger partial charge on any atom is 0.264 e. The smallest absolute Gasteiger partial charge is 0.264 e. The number of hydrogen-bond donors (Lipinski definition) is 2. The summed E-state index contributed by atoms with van der Waals surface area (Å²) in [6.45, 7) is 0.864. The minimum absolute atomic E-state index is 0.0421. The van der Waals surface area contributed by atoms with E-state index in [0.29, 0.717) is 30.3 Å². The second-order valence-electron chi connectivity index (χ2n) is 12.6. The van der Waals surface area contributed by atoms with Crippen molar-refractivity contribution in [3.63, 3.8) is 0 Å². The molecule has 6 rings (SSSR count). The van der Waals surface area contributed by atoms with E-state index in [4.69, 9.17) is 16.3 Å². The van der Waals surface area contributed by atoms with E-state index in [1.165, 1.54) is 6.07 Å². The number of ether oxygens (including phenoxy) is 1. The van der Waals surface area contributed by atoms with Gasteiger partial charge in [-0.15, -0.1) is 11.6 Å². The van der Waals surface area contributed by atoms with Crippen LogP contribution in [0.25, 0.3) is 11.1 Å². The maximum atomic E-state index is 13.3. The number of benzene rings is 4. The van der Waals surface area contributed by atoms with Crippen LogP contribution in [-0.2, 0) is 14.4 Å². The Morgan fingerprint density at radius 1 is 0.846 bits per heavy atom. The summed E-state index contributed by atoms with van der Waals surface area (Å²) in [6.07, 6.45) is 0.958. The number of rotatable bonds is 14. The molecule has 10 nitrogen and oxygen atoms in total. The van der Waals surface area contributed by atoms with E-state index in [2.05, 4.69) is 34.9 Å². The van der Waals surface area contributed by atoms with Crippen LogP contribution in [0.1, 0.15) is 63.1 Å². The van der Waals surface area contributed by atoms with Gasteiger partial charge in [-0.2, -0.15) is 0 Å². The lowest BCUT2D eigenvalue weighted by Gasteiger charge is -2.27. The van der Waals surface area contributed by atoms with Gasteiger partial charge in [-0.3, -0.25) is 34.2 Å². The van der Waals surface area contributed by atoms with Gasteiger partial charge in [-0.05, 0) is 64.9 Å². The molecule has 4 aromatic carbocycles. The highest BCUT2D eigenvalue weighted by Crippen LogP contribution is 2.36. The van der Waals surface area contributed by atoms with Gasteiger partial charge in [0.15, 0.2) is 0 Å². The minimum Gasteiger partial charge on any atom is -0.492 e. The van der Waals surface area contributed by atoms with E-state index in [9.17, 15) is 24.0 Å². The Kier molecular flexibility index (Phi) is 11.5. The fourth-order valence-corrected chi connectivity index (χ4v) is 6.76. The van der Waals surface area contributed by atoms with E-state index in [0.717, 1.165) is 32.7 Å². The molecule has 1 saturated heterocycles. The third kappa shape index (κ3) is 7.92. The number of amides is 5. The van der Waals surface area contributed by atoms with Crippen molar-refractivity contribution >= 4 is 58.0 Å². The zero-order valence-corrected chi connectivity index (χ0v) is 29.5. The van der Waals surface area contributed by atoms with Crippen LogP contribution in [0.2, 0.25) is 0 Å². The van der Waals surface area contributed by atoms with E-state index >= 15 is 0 Å². The number of piperidine rings is 1. The van der Waals surface area contributed by atoms with Crippen molar-refractivity contribution in [3.8, 4) is 5.75 Å². The van der Waals surface area contributed by atoms with Gasteiger partial charge in [-0.25, -0.2) is 0 Å². The van der Waals surface area contributed by atoms with Crippen LogP contribution in [0, 0.1) is 0 Å². The lowest BCUT2D eigenvalue weighted by Crippen LogP contribution is -2.54. The highest BCUT2D eigenvalue weighted by molar-refractivity contribution is 6.25. The Balaban J connectivity index is 1.03. The van der Waals surface area contributed by atoms with Gasteiger partial charge >= 0.3 is 0 Å². The van der Waals surface area contributed by atoms with Crippen LogP contribution in [0.5, 0.6) is 5.75 Å². The Morgan fingerprint density at radius 2 is 1.52 bits per heavy atom. The molecule has 4 aromatic rings. The zero-order chi connectivity index (χ0) is 36.6. The summed E-state index contributed by atoms with van der Waals surface area (Å²) in [6, 6.07) is 32.2. The first-order valence-electron chi connectivity index (χ1n) is 17.2. The molecule has 0 bridgehead atoms. The molecule has 5 amide bonds. The minimum atomic E-state index is -1.05. The lowest BCUT2D eigenvalue weighted by atomic mass is 9.88. The SMILES string of the molecule is CN(CCOc1ccc(/C(=C(/CCCl)c2ccccc2)c2ccccc2)cc1)C(=O)CCNc1cccc2c1C(=O)N(C1CCC(=O)NC1=O)C2=O. The van der Waals surface area contributed by atoms with Gasteiger partial charge in [0.1, 0.15) is 18.4 Å². The largest absolute Gasteiger partial charge is 0.492 e. The van der Waals surface area contributed by atoms with Gasteiger partial charge < -0.3 is 15.0 Å². The normalized spacial score (nSPS) is 15.9. The summed E-state index contributed by atoms with van der Waals surface area (Å²) in [7, 11) is 1.70. The van der Waals surface area contributed by atoms with Crippen molar-refractivity contribution in [1.29, 1.82) is 0 Å². The van der Waals surface area contributed by atoms with E-state index in [1.807, 2.05) is 60.7 Å². The number of imide groups is 2. The molecular formula is C41H39ClN4O6. The van der Waals surface area contributed by atoms with Crippen LogP contribution in [-0.4, -0.2) is 78.0 Å². The average Bonchev–Trinajstić information content (AvgIpc) is 3.42. The molecule has 0 aliphatic carbocycles. The fraction of sp³-hybridized carbons (Fsp3) is 0.244. The second-order valence-corrected chi connectivity index (χ2v) is 12.9. The predicted octanol–water partition coefficient (Wildman–Crippen LogP) is 6.02. The molecule has 1 atom stereocenters. The number of halogens is 1. The molecule has 2 aliphatic heterocycles. The van der Waals surface area contributed by atoms with Crippen LogP contribution in [0.3, 0.4) is 0 Å². The fourth-order valence-electron chi connectivity index (χ4n) is 6.57. The molecule has 2 N–H and O–H groups in total. The van der Waals surface area contributed by atoms with Gasteiger partial charge in [-0.1, -0.05) is 78.9 Å². The quantitative estimate of drug-likeness (QED) is 0.0929. The number of carbonyl (C=O) groups excluding carboxylic acids is 5. The number of hydrogen-bond acceptors (Lipinski definition) is 7. The Bertz CT molecular complexity index is 2000. The molecule has 0 aromatic heterocycles. The molecule has 11 heteroatoms. The molecule has 0 spiro atoms. The second kappa shape index (κ2) is 16.5. The standard InChI is InChI=1S/C41H39ClN4O6/c1-45(36(48)22-24-43-33-14-8-13-32-38(33)41(51)46(40(32)50)34-19-20-35(47)44-39(34)49)25-26-52-30-17-15-29(16-18-30)37(28-11-6-3-7-12-28)31(21-23-42)27-9-4-2-5-10-27/h2-18,34,43H,19-26H2,1H3,(H,44,47,49)/b37-31-. The summed E-state index contributed by atoms with van der Waals surface area (Å²) >= 11 is 6.29. The molecule has 2 aliphatic rings. The van der Waals surface area contributed by atoms with Gasteiger partial charge in [0.05, 0.1) is 17.7 Å². The van der Waals surface area contributed by atoms with Crippen molar-refractivity contribution in [2.45, 2.75) is 31.7 Å². The van der Waals surface area contributed by atoms with Crippen LogP contribution < -0.4 is 15.4 Å². The number of fused-ring (bicyclic) bond motifs is 1. The Labute approximate surface area is 307 Å². The molecule has 0 saturated carbocycles. The summed E-state index contributed by atoms with van der Waals surface area (Å²) < 4.78 is 6.01. The number of allylic oxidation sites excluding steroid dienone is 1. The van der Waals surface area contributed by atoms with Gasteiger partial charge in [0.2, 0.25) is 17.7 Å². The number of nitrogens with zero attached hydrogens (tertiary/aromatic N) is 2. The lowest BCUT2D eigenvalue weighted by molar-refractivity contribution is -0.136. The van der Waals surface area contributed by atoms with E-state index in [-0.39, 0.29) is 49.4 Å². The van der Waals surface area contributed by atoms with Crippen LogP contribution >= 0.6 is 11.6 Å². The first kappa shape index (κ1) is 36.1. The number of likely N-dealkylation sites (N-methyl/N-ethyl adjacent to an activating group) is 1. The molecule has 1 fully saturated rings. The van der Waals surface area contributed by atoms with Crippen LogP contribution in [0.15, 0.2) is 103 Å². The third-order valence-corrected chi connectivity index (χ3v) is 9.41. The molecule has 266 valence electrons. The topological polar surface area (TPSA) is 125 Å². The summed E-state index contributed by atoms with van der Waals surface area (Å²) in [4.78, 5) is 65.9. The van der Waals surface area contributed by atoms with Crippen molar-refractivity contribution in [2.75, 3.05) is 37.9 Å². The van der Waals surface area contributed by atoms with Crippen LogP contribution in [0.4, 0.5) is 5.69 Å². The van der Waals surface area contributed by atoms with E-state index in [1.54, 1.807) is 24.1 Å². The Morgan fingerprint density at radius 3 is 2.19 bits per heavy atom. The molecule has 52 heavy (non-hydrogen) atoms. The Hall–Kier alpha value is -5.74. The molecular weight excluding hydrogens is 680 g/mol. The first-order valence-corrected chi connectivity index (χ1v) is 17.8. The third-order valence-electron chi connectivity index (χ3n) is 9.22. The number of anilines is 1. The van der Waals surface area contributed by atoms with Crippen molar-refractivity contribution in [3.05, 3.63) is 131 Å².